The fourth-order valence-corrected chi connectivity index (χ4v) is 5.84. The van der Waals surface area contributed by atoms with Gasteiger partial charge in [0, 0.05) is 50.0 Å². The second-order valence-electron chi connectivity index (χ2n) is 9.93. The Morgan fingerprint density at radius 3 is 2.68 bits per heavy atom. The molecule has 1 aliphatic heterocycles. The molecule has 8 heteroatoms. The van der Waals surface area contributed by atoms with Crippen LogP contribution in [0.25, 0.3) is 0 Å². The van der Waals surface area contributed by atoms with Gasteiger partial charge in [-0.1, -0.05) is 37.4 Å². The van der Waals surface area contributed by atoms with Crippen LogP contribution in [0.5, 0.6) is 0 Å². The topological polar surface area (TPSA) is 61.4 Å². The molecule has 0 radical (unpaired) electrons. The van der Waals surface area contributed by atoms with Crippen LogP contribution in [0.2, 0.25) is 5.02 Å². The molecule has 5 rings (SSSR count). The lowest BCUT2D eigenvalue weighted by atomic mass is 9.96. The van der Waals surface area contributed by atoms with E-state index in [0.717, 1.165) is 44.6 Å². The first-order chi connectivity index (χ1) is 16.5. The first-order valence-electron chi connectivity index (χ1n) is 12.6. The number of carbonyl (C=O) groups excluding carboxylic acids is 1. The molecular formula is C26H33ClFN5O. The molecule has 2 atom stereocenters. The highest BCUT2D eigenvalue weighted by atomic mass is 35.5. The molecule has 182 valence electrons. The van der Waals surface area contributed by atoms with Gasteiger partial charge < -0.3 is 15.1 Å². The number of carbonyl (C=O) groups is 1. The van der Waals surface area contributed by atoms with Crippen LogP contribution in [0.4, 0.5) is 10.2 Å². The molecule has 6 nitrogen and oxygen atoms in total. The summed E-state index contributed by atoms with van der Waals surface area (Å²) >= 11 is 5.92. The fourth-order valence-electron chi connectivity index (χ4n) is 5.73. The van der Waals surface area contributed by atoms with E-state index >= 15 is 0 Å². The van der Waals surface area contributed by atoms with Gasteiger partial charge in [0.2, 0.25) is 5.91 Å². The van der Waals surface area contributed by atoms with E-state index in [1.165, 1.54) is 30.2 Å². The third kappa shape index (κ3) is 4.78. The number of hydrogen-bond donors (Lipinski definition) is 1. The average Bonchev–Trinajstić information content (AvgIpc) is 3.51. The van der Waals surface area contributed by atoms with Crippen molar-refractivity contribution in [2.75, 3.05) is 37.6 Å². The van der Waals surface area contributed by atoms with Crippen molar-refractivity contribution in [2.45, 2.75) is 63.3 Å². The summed E-state index contributed by atoms with van der Waals surface area (Å²) in [7, 11) is 0. The van der Waals surface area contributed by atoms with Gasteiger partial charge in [-0.05, 0) is 49.3 Å². The van der Waals surface area contributed by atoms with Gasteiger partial charge in [-0.15, -0.1) is 0 Å². The summed E-state index contributed by atoms with van der Waals surface area (Å²) in [6.45, 7) is 5.48. The van der Waals surface area contributed by atoms with Crippen LogP contribution in [0.3, 0.4) is 0 Å². The second kappa shape index (κ2) is 10.2. The molecule has 0 bridgehead atoms. The van der Waals surface area contributed by atoms with Crippen LogP contribution >= 0.6 is 11.6 Å². The summed E-state index contributed by atoms with van der Waals surface area (Å²) in [4.78, 5) is 27.0. The smallest absolute Gasteiger partial charge is 0.231 e. The molecule has 1 saturated carbocycles. The molecule has 3 aliphatic rings. The van der Waals surface area contributed by atoms with Crippen molar-refractivity contribution >= 4 is 23.3 Å². The summed E-state index contributed by atoms with van der Waals surface area (Å²) in [5.74, 6) is 0.641. The summed E-state index contributed by atoms with van der Waals surface area (Å²) in [5, 5.41) is 3.65. The molecule has 34 heavy (non-hydrogen) atoms. The number of nitrogens with one attached hydrogen (secondary N) is 1. The zero-order valence-corrected chi connectivity index (χ0v) is 20.5. The molecule has 1 N–H and O–H groups in total. The van der Waals surface area contributed by atoms with Gasteiger partial charge >= 0.3 is 0 Å². The maximum atomic E-state index is 14.3. The number of fused-ring (bicyclic) bond motifs is 1. The Balaban J connectivity index is 1.29. The number of aromatic nitrogens is 2. The maximum Gasteiger partial charge on any atom is 0.231 e. The van der Waals surface area contributed by atoms with E-state index in [1.807, 2.05) is 4.90 Å². The highest BCUT2D eigenvalue weighted by Crippen LogP contribution is 2.37. The Labute approximate surface area is 205 Å². The largest absolute Gasteiger partial charge is 0.353 e. The van der Waals surface area contributed by atoms with Crippen LogP contribution < -0.4 is 10.2 Å². The maximum absolute atomic E-state index is 14.3. The van der Waals surface area contributed by atoms with Crippen LogP contribution in [-0.2, 0) is 11.2 Å². The van der Waals surface area contributed by atoms with E-state index in [1.54, 1.807) is 18.5 Å². The SMILES string of the molecule is C[C@@H]1CCc2ncnc(N3CCN(C(=O)[C@H](CNC4CCCC4)c4ccc(Cl)c(F)c4)CC3)c21. The molecule has 1 saturated heterocycles. The number of rotatable bonds is 6. The molecule has 1 amide bonds. The number of piperazine rings is 1. The van der Waals surface area contributed by atoms with Crippen molar-refractivity contribution in [3.63, 3.8) is 0 Å². The van der Waals surface area contributed by atoms with Crippen LogP contribution in [0, 0.1) is 5.82 Å². The van der Waals surface area contributed by atoms with E-state index in [9.17, 15) is 9.18 Å². The minimum absolute atomic E-state index is 0.0492. The van der Waals surface area contributed by atoms with Crippen molar-refractivity contribution < 1.29 is 9.18 Å². The monoisotopic (exact) mass is 485 g/mol. The first kappa shape index (κ1) is 23.5. The lowest BCUT2D eigenvalue weighted by Gasteiger charge is -2.38. The van der Waals surface area contributed by atoms with Crippen molar-refractivity contribution in [1.29, 1.82) is 0 Å². The number of halogens is 2. The third-order valence-corrected chi connectivity index (χ3v) is 8.06. The Morgan fingerprint density at radius 1 is 1.18 bits per heavy atom. The summed E-state index contributed by atoms with van der Waals surface area (Å²) in [5.41, 5.74) is 3.12. The summed E-state index contributed by atoms with van der Waals surface area (Å²) in [6, 6.07) is 5.19. The Morgan fingerprint density at radius 2 is 1.94 bits per heavy atom. The average molecular weight is 486 g/mol. The quantitative estimate of drug-likeness (QED) is 0.661. The molecule has 2 aliphatic carbocycles. The zero-order chi connectivity index (χ0) is 23.7. The molecule has 0 unspecified atom stereocenters. The second-order valence-corrected chi connectivity index (χ2v) is 10.3. The number of amides is 1. The van der Waals surface area contributed by atoms with Crippen molar-refractivity contribution in [3.8, 4) is 0 Å². The molecule has 2 aromatic rings. The van der Waals surface area contributed by atoms with E-state index in [4.69, 9.17) is 11.6 Å². The number of anilines is 1. The van der Waals surface area contributed by atoms with E-state index in [2.05, 4.69) is 27.1 Å². The normalized spacial score (nSPS) is 21.7. The van der Waals surface area contributed by atoms with Crippen molar-refractivity contribution in [2.24, 2.45) is 0 Å². The first-order valence-corrected chi connectivity index (χ1v) is 12.9. The lowest BCUT2D eigenvalue weighted by molar-refractivity contribution is -0.133. The minimum Gasteiger partial charge on any atom is -0.353 e. The van der Waals surface area contributed by atoms with Gasteiger partial charge in [-0.2, -0.15) is 0 Å². The van der Waals surface area contributed by atoms with E-state index in [-0.39, 0.29) is 10.9 Å². The van der Waals surface area contributed by atoms with E-state index in [0.29, 0.717) is 37.2 Å². The number of nitrogens with zero attached hydrogens (tertiary/aromatic N) is 4. The number of benzene rings is 1. The van der Waals surface area contributed by atoms with Gasteiger partial charge in [0.1, 0.15) is 18.0 Å². The van der Waals surface area contributed by atoms with Gasteiger partial charge in [-0.25, -0.2) is 14.4 Å². The van der Waals surface area contributed by atoms with Crippen LogP contribution in [-0.4, -0.2) is 59.5 Å². The standard InChI is InChI=1S/C26H33ClFN5O/c1-17-6-9-23-24(17)25(31-16-30-23)32-10-12-33(13-11-32)26(34)20(15-29-19-4-2-3-5-19)18-7-8-21(27)22(28)14-18/h7-8,14,16-17,19-20,29H,2-6,9-13,15H2,1H3/t17-,20-/m1/s1. The zero-order valence-electron chi connectivity index (χ0n) is 19.8. The van der Waals surface area contributed by atoms with Gasteiger partial charge in [-0.3, -0.25) is 4.79 Å². The number of aryl methyl sites for hydroxylation is 1. The molecule has 2 heterocycles. The van der Waals surface area contributed by atoms with E-state index < -0.39 is 11.7 Å². The molecule has 1 aromatic carbocycles. The predicted octanol–water partition coefficient (Wildman–Crippen LogP) is 4.28. The molecule has 2 fully saturated rings. The Kier molecular flexibility index (Phi) is 7.02. The van der Waals surface area contributed by atoms with Crippen molar-refractivity contribution in [1.82, 2.24) is 20.2 Å². The molecular weight excluding hydrogens is 453 g/mol. The molecule has 0 spiro atoms. The summed E-state index contributed by atoms with van der Waals surface area (Å²) in [6.07, 6.45) is 8.51. The molecule has 1 aromatic heterocycles. The Bertz CT molecular complexity index is 1040. The predicted molar refractivity (Wildman–Crippen MR) is 132 cm³/mol. The fraction of sp³-hybridized carbons (Fsp3) is 0.577. The van der Waals surface area contributed by atoms with Crippen molar-refractivity contribution in [3.05, 3.63) is 52.2 Å². The highest BCUT2D eigenvalue weighted by Gasteiger charge is 2.32. The summed E-state index contributed by atoms with van der Waals surface area (Å²) < 4.78 is 14.3. The van der Waals surface area contributed by atoms with Gasteiger partial charge in [0.05, 0.1) is 10.9 Å². The third-order valence-electron chi connectivity index (χ3n) is 7.75. The minimum atomic E-state index is -0.477. The highest BCUT2D eigenvalue weighted by molar-refractivity contribution is 6.30. The Hall–Kier alpha value is -2.25. The van der Waals surface area contributed by atoms with Gasteiger partial charge in [0.25, 0.3) is 0 Å². The van der Waals surface area contributed by atoms with Crippen LogP contribution in [0.1, 0.15) is 67.7 Å². The number of hydrogen-bond acceptors (Lipinski definition) is 5. The lowest BCUT2D eigenvalue weighted by Crippen LogP contribution is -2.51. The van der Waals surface area contributed by atoms with Gasteiger partial charge in [0.15, 0.2) is 0 Å². The van der Waals surface area contributed by atoms with Crippen LogP contribution in [0.15, 0.2) is 24.5 Å².